The molecule has 0 fully saturated rings. The fourth-order valence-electron chi connectivity index (χ4n) is 1.41. The molecule has 0 N–H and O–H groups in total. The highest BCUT2D eigenvalue weighted by Gasteiger charge is 2.22. The zero-order chi connectivity index (χ0) is 14.3. The minimum Gasteiger partial charge on any atom is -0.466 e. The van der Waals surface area contributed by atoms with E-state index in [9.17, 15) is 14.4 Å². The Morgan fingerprint density at radius 2 is 1.28 bits per heavy atom. The van der Waals surface area contributed by atoms with Gasteiger partial charge in [0.2, 0.25) is 0 Å². The van der Waals surface area contributed by atoms with E-state index in [1.54, 1.807) is 0 Å². The Morgan fingerprint density at radius 3 is 1.50 bits per heavy atom. The van der Waals surface area contributed by atoms with Crippen molar-refractivity contribution in [2.75, 3.05) is 14.2 Å². The molecule has 100 valence electrons. The van der Waals surface area contributed by atoms with Crippen LogP contribution < -0.4 is 0 Å². The average molecular weight is 254 g/mol. The third-order valence-corrected chi connectivity index (χ3v) is 2.51. The average Bonchev–Trinajstić information content (AvgIpc) is 2.35. The Hall–Kier alpha value is -1.91. The molecule has 0 bridgehead atoms. The van der Waals surface area contributed by atoms with Crippen LogP contribution in [0.4, 0.5) is 0 Å². The standard InChI is InChI=1S/C13H18O5/c1-8(12(15)17-4)6-11(10(3)14)7-9(2)13(16)18-5/h11H,1-2,6-7H2,3-5H3. The van der Waals surface area contributed by atoms with Crippen LogP contribution in [-0.4, -0.2) is 31.9 Å². The number of ketones is 1. The van der Waals surface area contributed by atoms with Crippen LogP contribution in [0.2, 0.25) is 0 Å². The third-order valence-electron chi connectivity index (χ3n) is 2.51. The first-order valence-corrected chi connectivity index (χ1v) is 5.36. The topological polar surface area (TPSA) is 69.7 Å². The molecule has 0 amide bonds. The summed E-state index contributed by atoms with van der Waals surface area (Å²) in [5.74, 6) is -1.80. The number of Topliss-reactive ketones (excluding diaryl/α,β-unsaturated/α-hetero) is 1. The molecule has 0 atom stereocenters. The lowest BCUT2D eigenvalue weighted by molar-refractivity contribution is -0.136. The van der Waals surface area contributed by atoms with Gasteiger partial charge in [-0.2, -0.15) is 0 Å². The summed E-state index contributed by atoms with van der Waals surface area (Å²) in [7, 11) is 2.48. The Labute approximate surface area is 106 Å². The number of carbonyl (C=O) groups excluding carboxylic acids is 3. The van der Waals surface area contributed by atoms with Gasteiger partial charge in [-0.1, -0.05) is 13.2 Å². The summed E-state index contributed by atoms with van der Waals surface area (Å²) in [6.45, 7) is 8.48. The van der Waals surface area contributed by atoms with Crippen molar-refractivity contribution in [3.8, 4) is 0 Å². The van der Waals surface area contributed by atoms with Gasteiger partial charge in [0.05, 0.1) is 14.2 Å². The summed E-state index contributed by atoms with van der Waals surface area (Å²) >= 11 is 0. The first-order chi connectivity index (χ1) is 8.33. The number of rotatable bonds is 7. The van der Waals surface area contributed by atoms with Crippen LogP contribution in [0.25, 0.3) is 0 Å². The molecule has 5 heteroatoms. The maximum absolute atomic E-state index is 11.5. The van der Waals surface area contributed by atoms with Crippen molar-refractivity contribution in [2.45, 2.75) is 19.8 Å². The molecular weight excluding hydrogens is 236 g/mol. The van der Waals surface area contributed by atoms with Crippen molar-refractivity contribution in [1.29, 1.82) is 0 Å². The summed E-state index contributed by atoms with van der Waals surface area (Å²) in [6, 6.07) is 0. The van der Waals surface area contributed by atoms with Crippen LogP contribution >= 0.6 is 0 Å². The van der Waals surface area contributed by atoms with Crippen LogP contribution in [0.15, 0.2) is 24.3 Å². The normalized spacial score (nSPS) is 9.78. The molecule has 0 heterocycles. The molecule has 0 spiro atoms. The van der Waals surface area contributed by atoms with Crippen LogP contribution in [0.5, 0.6) is 0 Å². The summed E-state index contributed by atoms with van der Waals surface area (Å²) in [5, 5.41) is 0. The molecule has 0 aliphatic carbocycles. The van der Waals surface area contributed by atoms with Crippen molar-refractivity contribution in [1.82, 2.24) is 0 Å². The minimum atomic E-state index is -0.565. The van der Waals surface area contributed by atoms with Gasteiger partial charge in [-0.05, 0) is 19.8 Å². The molecule has 0 saturated carbocycles. The van der Waals surface area contributed by atoms with E-state index in [1.807, 2.05) is 0 Å². The van der Waals surface area contributed by atoms with Crippen molar-refractivity contribution < 1.29 is 23.9 Å². The lowest BCUT2D eigenvalue weighted by Gasteiger charge is -2.14. The van der Waals surface area contributed by atoms with E-state index >= 15 is 0 Å². The largest absolute Gasteiger partial charge is 0.466 e. The van der Waals surface area contributed by atoms with E-state index in [0.29, 0.717) is 0 Å². The quantitative estimate of drug-likeness (QED) is 0.507. The number of carbonyl (C=O) groups is 3. The molecule has 0 aromatic rings. The van der Waals surface area contributed by atoms with E-state index in [1.165, 1.54) is 21.1 Å². The highest BCUT2D eigenvalue weighted by atomic mass is 16.5. The molecule has 0 aromatic heterocycles. The number of hydrogen-bond acceptors (Lipinski definition) is 5. The van der Waals surface area contributed by atoms with Crippen molar-refractivity contribution in [3.63, 3.8) is 0 Å². The van der Waals surface area contributed by atoms with Crippen LogP contribution in [0.1, 0.15) is 19.8 Å². The van der Waals surface area contributed by atoms with Gasteiger partial charge in [-0.3, -0.25) is 4.79 Å². The van der Waals surface area contributed by atoms with Gasteiger partial charge in [0, 0.05) is 17.1 Å². The van der Waals surface area contributed by atoms with Crippen LogP contribution in [0.3, 0.4) is 0 Å². The second-order valence-electron chi connectivity index (χ2n) is 3.91. The van der Waals surface area contributed by atoms with E-state index in [0.717, 1.165) is 0 Å². The summed E-state index contributed by atoms with van der Waals surface area (Å²) in [5.41, 5.74) is 0.380. The van der Waals surface area contributed by atoms with Crippen LogP contribution in [0, 0.1) is 5.92 Å². The first-order valence-electron chi connectivity index (χ1n) is 5.36. The monoisotopic (exact) mass is 254 g/mol. The SMILES string of the molecule is C=C(CC(CC(=C)C(=O)OC)C(C)=O)C(=O)OC. The Balaban J connectivity index is 4.65. The predicted octanol–water partition coefficient (Wildman–Crippen LogP) is 1.43. The van der Waals surface area contributed by atoms with Crippen LogP contribution in [-0.2, 0) is 23.9 Å². The van der Waals surface area contributed by atoms with Crippen molar-refractivity contribution in [3.05, 3.63) is 24.3 Å². The van der Waals surface area contributed by atoms with Crippen molar-refractivity contribution >= 4 is 17.7 Å². The highest BCUT2D eigenvalue weighted by molar-refractivity contribution is 5.91. The molecule has 5 nitrogen and oxygen atoms in total. The van der Waals surface area contributed by atoms with E-state index in [4.69, 9.17) is 0 Å². The molecule has 18 heavy (non-hydrogen) atoms. The van der Waals surface area contributed by atoms with E-state index < -0.39 is 17.9 Å². The summed E-state index contributed by atoms with van der Waals surface area (Å²) in [4.78, 5) is 33.8. The number of methoxy groups -OCH3 is 2. The molecule has 0 aliphatic heterocycles. The maximum Gasteiger partial charge on any atom is 0.333 e. The Morgan fingerprint density at radius 1 is 0.944 bits per heavy atom. The zero-order valence-corrected chi connectivity index (χ0v) is 10.9. The fourth-order valence-corrected chi connectivity index (χ4v) is 1.41. The smallest absolute Gasteiger partial charge is 0.333 e. The summed E-state index contributed by atoms with van der Waals surface area (Å²) in [6.07, 6.45) is 0.274. The number of esters is 2. The van der Waals surface area contributed by atoms with Gasteiger partial charge in [0.25, 0.3) is 0 Å². The number of hydrogen-bond donors (Lipinski definition) is 0. The van der Waals surface area contributed by atoms with Gasteiger partial charge in [0.15, 0.2) is 0 Å². The lowest BCUT2D eigenvalue weighted by atomic mass is 9.90. The molecule has 0 unspecified atom stereocenters. The molecule has 0 aromatic carbocycles. The molecule has 0 rings (SSSR count). The first kappa shape index (κ1) is 16.1. The summed E-state index contributed by atoms with van der Waals surface area (Å²) < 4.78 is 9.00. The molecule has 0 radical (unpaired) electrons. The Kier molecular flexibility index (Phi) is 6.63. The maximum atomic E-state index is 11.5. The molecule has 0 aliphatic rings. The lowest BCUT2D eigenvalue weighted by Crippen LogP contribution is -2.18. The van der Waals surface area contributed by atoms with Crippen molar-refractivity contribution in [2.24, 2.45) is 5.92 Å². The predicted molar refractivity (Wildman–Crippen MR) is 65.7 cm³/mol. The van der Waals surface area contributed by atoms with Gasteiger partial charge in [-0.15, -0.1) is 0 Å². The van der Waals surface area contributed by atoms with E-state index in [-0.39, 0.29) is 29.8 Å². The van der Waals surface area contributed by atoms with Gasteiger partial charge < -0.3 is 9.47 Å². The van der Waals surface area contributed by atoms with Gasteiger partial charge in [0.1, 0.15) is 5.78 Å². The molecular formula is C13H18O5. The second kappa shape index (κ2) is 7.42. The van der Waals surface area contributed by atoms with E-state index in [2.05, 4.69) is 22.6 Å². The highest BCUT2D eigenvalue weighted by Crippen LogP contribution is 2.20. The van der Waals surface area contributed by atoms with Gasteiger partial charge >= 0.3 is 11.9 Å². The second-order valence-corrected chi connectivity index (χ2v) is 3.91. The minimum absolute atomic E-state index is 0.137. The zero-order valence-electron chi connectivity index (χ0n) is 10.9. The number of ether oxygens (including phenoxy) is 2. The van der Waals surface area contributed by atoms with Gasteiger partial charge in [-0.25, -0.2) is 9.59 Å². The third kappa shape index (κ3) is 4.95. The molecule has 0 saturated heterocycles. The Bertz CT molecular complexity index is 351. The fraction of sp³-hybridized carbons (Fsp3) is 0.462.